The van der Waals surface area contributed by atoms with Crippen LogP contribution in [0.15, 0.2) is 24.3 Å². The van der Waals surface area contributed by atoms with Gasteiger partial charge in [-0.3, -0.25) is 0 Å². The van der Waals surface area contributed by atoms with Gasteiger partial charge in [0.15, 0.2) is 0 Å². The van der Waals surface area contributed by atoms with E-state index in [2.05, 4.69) is 33.9 Å². The lowest BCUT2D eigenvalue weighted by molar-refractivity contribution is -0.133. The lowest BCUT2D eigenvalue weighted by atomic mass is 10.0. The molecular weight excluding hydrogens is 460 g/mol. The molecule has 4 heteroatoms. The first-order valence-corrected chi connectivity index (χ1v) is 15.5. The Morgan fingerprint density at radius 1 is 0.514 bits per heavy atom. The molecule has 0 amide bonds. The number of hydrogen-bond donors (Lipinski definition) is 2. The molecule has 0 atom stereocenters. The molecule has 0 bridgehead atoms. The zero-order valence-electron chi connectivity index (χ0n) is 25.0. The van der Waals surface area contributed by atoms with Gasteiger partial charge < -0.3 is 10.2 Å². The fourth-order valence-corrected chi connectivity index (χ4v) is 4.34. The third kappa shape index (κ3) is 32.4. The van der Waals surface area contributed by atoms with Gasteiger partial charge in [-0.2, -0.15) is 0 Å². The van der Waals surface area contributed by atoms with Crippen LogP contribution in [0.4, 0.5) is 0 Å². The highest BCUT2D eigenvalue weighted by molar-refractivity contribution is 5.85. The zero-order valence-corrected chi connectivity index (χ0v) is 25.0. The lowest BCUT2D eigenvalue weighted by Crippen LogP contribution is -1.98. The molecule has 0 heterocycles. The molecule has 0 aliphatic carbocycles. The predicted octanol–water partition coefficient (Wildman–Crippen LogP) is 10.9. The predicted molar refractivity (Wildman–Crippen MR) is 160 cm³/mol. The van der Waals surface area contributed by atoms with Crippen molar-refractivity contribution in [1.82, 2.24) is 0 Å². The van der Waals surface area contributed by atoms with Crippen LogP contribution in [0, 0.1) is 5.92 Å². The summed E-state index contributed by atoms with van der Waals surface area (Å²) in [7, 11) is 0. The Bertz CT molecular complexity index is 565. The Kier molecular flexibility index (Phi) is 29.4. The first kappa shape index (κ1) is 37.6. The van der Waals surface area contributed by atoms with E-state index in [0.717, 1.165) is 31.6 Å². The molecule has 0 aromatic carbocycles. The second-order valence-electron chi connectivity index (χ2n) is 11.2. The molecule has 0 saturated carbocycles. The fourth-order valence-electron chi connectivity index (χ4n) is 4.34. The summed E-state index contributed by atoms with van der Waals surface area (Å²) < 4.78 is 0. The third-order valence-corrected chi connectivity index (χ3v) is 6.95. The summed E-state index contributed by atoms with van der Waals surface area (Å²) in [5.74, 6) is -0.843. The molecule has 218 valence electrons. The summed E-state index contributed by atoms with van der Waals surface area (Å²) in [6, 6.07) is 0. The molecule has 0 radical (unpaired) electrons. The number of carbonyl (C=O) groups is 2. The number of hydrogen-bond acceptors (Lipinski definition) is 2. The minimum atomic E-state index is -0.846. The molecule has 37 heavy (non-hydrogen) atoms. The number of rotatable bonds is 26. The van der Waals surface area contributed by atoms with E-state index in [1.807, 2.05) is 0 Å². The van der Waals surface area contributed by atoms with Crippen molar-refractivity contribution >= 4 is 11.9 Å². The summed E-state index contributed by atoms with van der Waals surface area (Å²) in [6.07, 6.45) is 28.4. The highest BCUT2D eigenvalue weighted by Gasteiger charge is 2.03. The summed E-state index contributed by atoms with van der Waals surface area (Å²) in [5.41, 5.74) is 0.705. The molecule has 0 aliphatic rings. The Balaban J connectivity index is 0. The average molecular weight is 523 g/mol. The van der Waals surface area contributed by atoms with Crippen molar-refractivity contribution in [3.05, 3.63) is 24.3 Å². The Hall–Kier alpha value is -1.58. The topological polar surface area (TPSA) is 74.6 Å². The lowest BCUT2D eigenvalue weighted by Gasteiger charge is -2.04. The van der Waals surface area contributed by atoms with E-state index in [1.165, 1.54) is 109 Å². The highest BCUT2D eigenvalue weighted by atomic mass is 16.4. The minimum Gasteiger partial charge on any atom is -0.478 e. The summed E-state index contributed by atoms with van der Waals surface area (Å²) in [4.78, 5) is 21.0. The standard InChI is InChI=1S/C17H32O2.C16H30O2/c1-15(2)13-11-9-7-5-4-6-8-10-12-14-16(3)17(18)19;1-3-4-5-6-7-8-9-10-11-12-13-14-15(2)16(17)18/h15H,3-14H2,1-2H3,(H,18,19);2-14H2,1H3,(H,17,18). The SMILES string of the molecule is C=C(CCCCCCCCCCCC(C)C)C(=O)O.C=C(CCCCCCCCCCCCC)C(=O)O. The van der Waals surface area contributed by atoms with Gasteiger partial charge in [0, 0.05) is 11.1 Å². The molecule has 0 spiro atoms. The average Bonchev–Trinajstić information content (AvgIpc) is 2.85. The third-order valence-electron chi connectivity index (χ3n) is 6.95. The first-order valence-electron chi connectivity index (χ1n) is 15.5. The van der Waals surface area contributed by atoms with Crippen LogP contribution in [0.2, 0.25) is 0 Å². The molecular formula is C33H62O4. The van der Waals surface area contributed by atoms with Crippen LogP contribution in [0.25, 0.3) is 0 Å². The van der Waals surface area contributed by atoms with Crippen LogP contribution in [-0.2, 0) is 9.59 Å². The van der Waals surface area contributed by atoms with E-state index in [4.69, 9.17) is 10.2 Å². The number of aliphatic carboxylic acids is 2. The summed E-state index contributed by atoms with van der Waals surface area (Å²) in [6.45, 7) is 13.9. The number of carboxylic acids is 2. The molecule has 0 aliphatic heterocycles. The van der Waals surface area contributed by atoms with Crippen molar-refractivity contribution in [2.45, 2.75) is 168 Å². The largest absolute Gasteiger partial charge is 0.478 e. The van der Waals surface area contributed by atoms with Crippen molar-refractivity contribution < 1.29 is 19.8 Å². The maximum absolute atomic E-state index is 10.5. The van der Waals surface area contributed by atoms with Crippen LogP contribution >= 0.6 is 0 Å². The van der Waals surface area contributed by atoms with Gasteiger partial charge in [0.25, 0.3) is 0 Å². The van der Waals surface area contributed by atoms with Crippen molar-refractivity contribution in [2.24, 2.45) is 5.92 Å². The maximum Gasteiger partial charge on any atom is 0.330 e. The fraction of sp³-hybridized carbons (Fsp3) is 0.818. The monoisotopic (exact) mass is 522 g/mol. The van der Waals surface area contributed by atoms with E-state index in [0.29, 0.717) is 24.0 Å². The van der Waals surface area contributed by atoms with E-state index in [1.54, 1.807) is 0 Å². The van der Waals surface area contributed by atoms with Crippen molar-refractivity contribution in [3.63, 3.8) is 0 Å². The second kappa shape index (κ2) is 29.0. The second-order valence-corrected chi connectivity index (χ2v) is 11.2. The van der Waals surface area contributed by atoms with Crippen LogP contribution in [0.3, 0.4) is 0 Å². The Labute approximate surface area is 230 Å². The Morgan fingerprint density at radius 3 is 1.05 bits per heavy atom. The normalized spacial score (nSPS) is 10.7. The van der Waals surface area contributed by atoms with Crippen molar-refractivity contribution in [1.29, 1.82) is 0 Å². The van der Waals surface area contributed by atoms with Gasteiger partial charge in [-0.15, -0.1) is 0 Å². The molecule has 0 rings (SSSR count). The van der Waals surface area contributed by atoms with E-state index >= 15 is 0 Å². The van der Waals surface area contributed by atoms with Gasteiger partial charge in [0.2, 0.25) is 0 Å². The molecule has 0 aromatic heterocycles. The maximum atomic E-state index is 10.5. The summed E-state index contributed by atoms with van der Waals surface area (Å²) in [5, 5.41) is 17.3. The Morgan fingerprint density at radius 2 is 0.784 bits per heavy atom. The smallest absolute Gasteiger partial charge is 0.330 e. The quantitative estimate of drug-likeness (QED) is 0.0874. The molecule has 0 unspecified atom stereocenters. The number of carboxylic acid groups (broad SMARTS) is 2. The van der Waals surface area contributed by atoms with Crippen LogP contribution in [-0.4, -0.2) is 22.2 Å². The molecule has 0 fully saturated rings. The van der Waals surface area contributed by atoms with Gasteiger partial charge in [-0.25, -0.2) is 9.59 Å². The van der Waals surface area contributed by atoms with E-state index in [9.17, 15) is 9.59 Å². The molecule has 0 saturated heterocycles. The van der Waals surface area contributed by atoms with Gasteiger partial charge in [0.05, 0.1) is 0 Å². The van der Waals surface area contributed by atoms with Gasteiger partial charge >= 0.3 is 11.9 Å². The zero-order chi connectivity index (χ0) is 28.2. The van der Waals surface area contributed by atoms with Crippen molar-refractivity contribution in [3.8, 4) is 0 Å². The van der Waals surface area contributed by atoms with Crippen LogP contribution in [0.5, 0.6) is 0 Å². The molecule has 2 N–H and O–H groups in total. The van der Waals surface area contributed by atoms with Crippen LogP contribution < -0.4 is 0 Å². The number of unbranched alkanes of at least 4 members (excludes halogenated alkanes) is 18. The van der Waals surface area contributed by atoms with E-state index < -0.39 is 11.9 Å². The molecule has 0 aromatic rings. The van der Waals surface area contributed by atoms with Gasteiger partial charge in [-0.05, 0) is 31.6 Å². The van der Waals surface area contributed by atoms with Gasteiger partial charge in [0.1, 0.15) is 0 Å². The van der Waals surface area contributed by atoms with Gasteiger partial charge in [-0.1, -0.05) is 156 Å². The first-order chi connectivity index (χ1) is 17.7. The highest BCUT2D eigenvalue weighted by Crippen LogP contribution is 2.15. The van der Waals surface area contributed by atoms with Crippen molar-refractivity contribution in [2.75, 3.05) is 0 Å². The van der Waals surface area contributed by atoms with E-state index in [-0.39, 0.29) is 0 Å². The minimum absolute atomic E-state index is 0.352. The van der Waals surface area contributed by atoms with Crippen LogP contribution in [0.1, 0.15) is 168 Å². The summed E-state index contributed by atoms with van der Waals surface area (Å²) >= 11 is 0. The molecule has 4 nitrogen and oxygen atoms in total.